The monoisotopic (exact) mass is 366 g/mol. The van der Waals surface area contributed by atoms with Crippen molar-refractivity contribution < 1.29 is 9.18 Å². The van der Waals surface area contributed by atoms with Crippen LogP contribution in [0.5, 0.6) is 0 Å². The molecule has 0 spiro atoms. The molecule has 2 saturated carbocycles. The summed E-state index contributed by atoms with van der Waals surface area (Å²) >= 11 is 0. The quantitative estimate of drug-likeness (QED) is 0.776. The lowest BCUT2D eigenvalue weighted by Crippen LogP contribution is -2.58. The van der Waals surface area contributed by atoms with Crippen LogP contribution < -0.4 is 10.6 Å². The Hall–Kier alpha value is -2.12. The fourth-order valence-electron chi connectivity index (χ4n) is 3.80. The van der Waals surface area contributed by atoms with Gasteiger partial charge < -0.3 is 10.6 Å². The lowest BCUT2D eigenvalue weighted by atomic mass is 9.76. The standard InChI is InChI=1S/C23H27FN2O/c24-21-5-2-1-4-18(21)9-6-17-7-10-19(11-8-17)22(27)25-16-23(14-3-15-23)26-20-12-13-20/h4,7-8,10-11,20-21,26H,1-3,5,12-16H2,(H,25,27). The van der Waals surface area contributed by atoms with Crippen LogP contribution in [0.1, 0.15) is 67.3 Å². The molecule has 1 aromatic carbocycles. The van der Waals surface area contributed by atoms with E-state index >= 15 is 0 Å². The van der Waals surface area contributed by atoms with E-state index in [1.165, 1.54) is 19.3 Å². The lowest BCUT2D eigenvalue weighted by Gasteiger charge is -2.43. The Morgan fingerprint density at radius 1 is 1.11 bits per heavy atom. The summed E-state index contributed by atoms with van der Waals surface area (Å²) in [6, 6.07) is 7.91. The van der Waals surface area contributed by atoms with Gasteiger partial charge in [0.1, 0.15) is 6.17 Å². The number of hydrogen-bond acceptors (Lipinski definition) is 2. The van der Waals surface area contributed by atoms with Crippen LogP contribution in [0.15, 0.2) is 35.9 Å². The van der Waals surface area contributed by atoms with Gasteiger partial charge in [-0.15, -0.1) is 0 Å². The molecule has 1 atom stereocenters. The molecule has 0 radical (unpaired) electrons. The summed E-state index contributed by atoms with van der Waals surface area (Å²) in [4.78, 5) is 12.5. The molecule has 3 nitrogen and oxygen atoms in total. The molecule has 2 N–H and O–H groups in total. The van der Waals surface area contributed by atoms with Gasteiger partial charge in [0.15, 0.2) is 0 Å². The Bertz CT molecular complexity index is 779. The smallest absolute Gasteiger partial charge is 0.251 e. The summed E-state index contributed by atoms with van der Waals surface area (Å²) < 4.78 is 13.8. The number of benzene rings is 1. The van der Waals surface area contributed by atoms with Crippen LogP contribution in [-0.4, -0.2) is 30.2 Å². The van der Waals surface area contributed by atoms with E-state index in [0.717, 1.165) is 31.2 Å². The Labute approximate surface area is 160 Å². The van der Waals surface area contributed by atoms with E-state index in [4.69, 9.17) is 0 Å². The molecule has 0 bridgehead atoms. The maximum atomic E-state index is 13.8. The summed E-state index contributed by atoms with van der Waals surface area (Å²) in [6.45, 7) is 0.690. The highest BCUT2D eigenvalue weighted by Gasteiger charge is 2.41. The van der Waals surface area contributed by atoms with Crippen LogP contribution >= 0.6 is 0 Å². The molecular weight excluding hydrogens is 339 g/mol. The van der Waals surface area contributed by atoms with E-state index in [-0.39, 0.29) is 11.4 Å². The van der Waals surface area contributed by atoms with Gasteiger partial charge in [0, 0.05) is 34.8 Å². The van der Waals surface area contributed by atoms with Gasteiger partial charge in [0.2, 0.25) is 0 Å². The maximum absolute atomic E-state index is 13.8. The van der Waals surface area contributed by atoms with Crippen LogP contribution in [0.4, 0.5) is 4.39 Å². The Morgan fingerprint density at radius 3 is 2.52 bits per heavy atom. The molecule has 0 aromatic heterocycles. The molecule has 1 unspecified atom stereocenters. The molecule has 4 rings (SSSR count). The maximum Gasteiger partial charge on any atom is 0.251 e. The average molecular weight is 366 g/mol. The third-order valence-electron chi connectivity index (χ3n) is 5.85. The first kappa shape index (κ1) is 18.3. The molecule has 27 heavy (non-hydrogen) atoms. The summed E-state index contributed by atoms with van der Waals surface area (Å²) in [5.74, 6) is 5.92. The minimum Gasteiger partial charge on any atom is -0.350 e. The van der Waals surface area contributed by atoms with E-state index < -0.39 is 6.17 Å². The molecule has 2 fully saturated rings. The molecule has 0 saturated heterocycles. The second kappa shape index (κ2) is 7.86. The van der Waals surface area contributed by atoms with Crippen molar-refractivity contribution >= 4 is 5.91 Å². The average Bonchev–Trinajstić information content (AvgIpc) is 3.47. The molecule has 0 heterocycles. The van der Waals surface area contributed by atoms with Crippen molar-refractivity contribution in [1.82, 2.24) is 10.6 Å². The molecule has 1 aromatic rings. The predicted molar refractivity (Wildman–Crippen MR) is 105 cm³/mol. The topological polar surface area (TPSA) is 41.1 Å². The van der Waals surface area contributed by atoms with Gasteiger partial charge in [-0.05, 0) is 75.6 Å². The zero-order chi connectivity index (χ0) is 18.7. The van der Waals surface area contributed by atoms with Crippen molar-refractivity contribution in [2.75, 3.05) is 6.54 Å². The number of alkyl halides is 1. The van der Waals surface area contributed by atoms with Gasteiger partial charge in [0.05, 0.1) is 0 Å². The third kappa shape index (κ3) is 4.59. The first-order valence-corrected chi connectivity index (χ1v) is 10.2. The number of carbonyl (C=O) groups excluding carboxylic acids is 1. The van der Waals surface area contributed by atoms with Gasteiger partial charge in [0.25, 0.3) is 5.91 Å². The van der Waals surface area contributed by atoms with Crippen LogP contribution in [0, 0.1) is 11.8 Å². The number of allylic oxidation sites excluding steroid dienone is 2. The molecule has 4 heteroatoms. The van der Waals surface area contributed by atoms with E-state index in [2.05, 4.69) is 22.5 Å². The first-order valence-electron chi connectivity index (χ1n) is 10.2. The predicted octanol–water partition coefficient (Wildman–Crippen LogP) is 3.89. The zero-order valence-corrected chi connectivity index (χ0v) is 15.7. The molecule has 3 aliphatic rings. The minimum absolute atomic E-state index is 0.0443. The largest absolute Gasteiger partial charge is 0.350 e. The van der Waals surface area contributed by atoms with Gasteiger partial charge in [-0.25, -0.2) is 4.39 Å². The molecular formula is C23H27FN2O. The van der Waals surface area contributed by atoms with Gasteiger partial charge in [-0.2, -0.15) is 0 Å². The van der Waals surface area contributed by atoms with Crippen molar-refractivity contribution in [3.05, 3.63) is 47.0 Å². The highest BCUT2D eigenvalue weighted by atomic mass is 19.1. The molecule has 1 amide bonds. The van der Waals surface area contributed by atoms with Crippen molar-refractivity contribution in [2.24, 2.45) is 0 Å². The lowest BCUT2D eigenvalue weighted by molar-refractivity contribution is 0.0911. The van der Waals surface area contributed by atoms with E-state index in [9.17, 15) is 9.18 Å². The Kier molecular flexibility index (Phi) is 5.31. The van der Waals surface area contributed by atoms with Crippen molar-refractivity contribution in [3.8, 4) is 11.8 Å². The summed E-state index contributed by atoms with van der Waals surface area (Å²) in [5.41, 5.74) is 2.15. The summed E-state index contributed by atoms with van der Waals surface area (Å²) in [7, 11) is 0. The van der Waals surface area contributed by atoms with Crippen LogP contribution in [0.2, 0.25) is 0 Å². The number of carbonyl (C=O) groups is 1. The number of amides is 1. The van der Waals surface area contributed by atoms with Crippen LogP contribution in [-0.2, 0) is 0 Å². The Morgan fingerprint density at radius 2 is 1.89 bits per heavy atom. The van der Waals surface area contributed by atoms with Crippen LogP contribution in [0.25, 0.3) is 0 Å². The van der Waals surface area contributed by atoms with Crippen molar-refractivity contribution in [3.63, 3.8) is 0 Å². The molecule has 142 valence electrons. The molecule has 0 aliphatic heterocycles. The third-order valence-corrected chi connectivity index (χ3v) is 5.85. The van der Waals surface area contributed by atoms with E-state index in [0.29, 0.717) is 30.1 Å². The number of hydrogen-bond donors (Lipinski definition) is 2. The van der Waals surface area contributed by atoms with E-state index in [1.54, 1.807) is 12.1 Å². The van der Waals surface area contributed by atoms with Gasteiger partial charge >= 0.3 is 0 Å². The minimum atomic E-state index is -0.931. The van der Waals surface area contributed by atoms with Gasteiger partial charge in [-0.1, -0.05) is 17.9 Å². The number of halogens is 1. The first-order chi connectivity index (χ1) is 13.1. The van der Waals surface area contributed by atoms with Crippen molar-refractivity contribution in [1.29, 1.82) is 0 Å². The normalized spacial score (nSPS) is 23.4. The summed E-state index contributed by atoms with van der Waals surface area (Å²) in [6.07, 6.45) is 9.38. The second-order valence-corrected chi connectivity index (χ2v) is 8.12. The zero-order valence-electron chi connectivity index (χ0n) is 15.7. The fraction of sp³-hybridized carbons (Fsp3) is 0.522. The number of rotatable bonds is 5. The number of nitrogens with one attached hydrogen (secondary N) is 2. The Balaban J connectivity index is 1.33. The second-order valence-electron chi connectivity index (χ2n) is 8.12. The molecule has 3 aliphatic carbocycles. The van der Waals surface area contributed by atoms with E-state index in [1.807, 2.05) is 18.2 Å². The summed E-state index contributed by atoms with van der Waals surface area (Å²) in [5, 5.41) is 6.79. The van der Waals surface area contributed by atoms with Gasteiger partial charge in [-0.3, -0.25) is 4.79 Å². The highest BCUT2D eigenvalue weighted by molar-refractivity contribution is 5.94. The SMILES string of the molecule is O=C(NCC1(NC2CC2)CCC1)c1ccc(C#CC2=CCCCC2F)cc1. The fourth-order valence-corrected chi connectivity index (χ4v) is 3.80. The van der Waals surface area contributed by atoms with Crippen molar-refractivity contribution in [2.45, 2.75) is 69.1 Å². The highest BCUT2D eigenvalue weighted by Crippen LogP contribution is 2.35. The van der Waals surface area contributed by atoms with Crippen LogP contribution in [0.3, 0.4) is 0 Å².